The van der Waals surface area contributed by atoms with E-state index in [9.17, 15) is 9.90 Å². The van der Waals surface area contributed by atoms with E-state index in [1.54, 1.807) is 17.1 Å². The minimum absolute atomic E-state index is 0.119. The van der Waals surface area contributed by atoms with Gasteiger partial charge in [-0.05, 0) is 19.4 Å². The molecule has 8 heteroatoms. The molecule has 2 aliphatic heterocycles. The van der Waals surface area contributed by atoms with Gasteiger partial charge in [-0.3, -0.25) is 9.69 Å². The maximum absolute atomic E-state index is 12.3. The van der Waals surface area contributed by atoms with E-state index in [2.05, 4.69) is 10.3 Å². The van der Waals surface area contributed by atoms with Crippen molar-refractivity contribution < 1.29 is 14.6 Å². The van der Waals surface area contributed by atoms with Gasteiger partial charge in [-0.25, -0.2) is 4.68 Å². The van der Waals surface area contributed by atoms with Gasteiger partial charge in [-0.15, -0.1) is 5.10 Å². The first kappa shape index (κ1) is 15.4. The fraction of sp³-hybridized carbons (Fsp3) is 0.786. The van der Waals surface area contributed by atoms with Crippen LogP contribution in [0.1, 0.15) is 12.8 Å². The van der Waals surface area contributed by atoms with Gasteiger partial charge in [-0.2, -0.15) is 0 Å². The molecule has 22 heavy (non-hydrogen) atoms. The average Bonchev–Trinajstić information content (AvgIpc) is 3.00. The van der Waals surface area contributed by atoms with Crippen LogP contribution in [0.25, 0.3) is 0 Å². The second kappa shape index (κ2) is 6.72. The largest absolute Gasteiger partial charge is 0.387 e. The predicted molar refractivity (Wildman–Crippen MR) is 78.0 cm³/mol. The molecule has 1 amide bonds. The first-order chi connectivity index (χ1) is 10.6. The molecule has 8 nitrogen and oxygen atoms in total. The van der Waals surface area contributed by atoms with Crippen molar-refractivity contribution in [3.63, 3.8) is 0 Å². The Labute approximate surface area is 129 Å². The van der Waals surface area contributed by atoms with Crippen molar-refractivity contribution >= 4 is 5.91 Å². The Morgan fingerprint density at radius 1 is 1.32 bits per heavy atom. The Kier molecular flexibility index (Phi) is 4.70. The first-order valence-corrected chi connectivity index (χ1v) is 7.79. The number of hydrogen-bond acceptors (Lipinski definition) is 6. The van der Waals surface area contributed by atoms with Crippen LogP contribution in [0.5, 0.6) is 0 Å². The SMILES string of the molecule is O=C(CN1CCCC(O)(Cn2ccnn2)C1)N1CCOCC1. The lowest BCUT2D eigenvalue weighted by Gasteiger charge is -2.39. The molecule has 1 aromatic heterocycles. The molecule has 1 N–H and O–H groups in total. The number of amides is 1. The second-order valence-electron chi connectivity index (χ2n) is 6.13. The molecular weight excluding hydrogens is 286 g/mol. The first-order valence-electron chi connectivity index (χ1n) is 7.79. The lowest BCUT2D eigenvalue weighted by molar-refractivity contribution is -0.138. The zero-order valence-electron chi connectivity index (χ0n) is 12.7. The van der Waals surface area contributed by atoms with E-state index in [4.69, 9.17) is 4.74 Å². The fourth-order valence-corrected chi connectivity index (χ4v) is 3.19. The average molecular weight is 309 g/mol. The Morgan fingerprint density at radius 2 is 2.14 bits per heavy atom. The number of carbonyl (C=O) groups is 1. The molecule has 3 rings (SSSR count). The highest BCUT2D eigenvalue weighted by Gasteiger charge is 2.35. The van der Waals surface area contributed by atoms with Crippen LogP contribution in [0.4, 0.5) is 0 Å². The van der Waals surface area contributed by atoms with E-state index >= 15 is 0 Å². The lowest BCUT2D eigenvalue weighted by Crippen LogP contribution is -2.54. The molecule has 1 unspecified atom stereocenters. The van der Waals surface area contributed by atoms with Gasteiger partial charge >= 0.3 is 0 Å². The highest BCUT2D eigenvalue weighted by atomic mass is 16.5. The van der Waals surface area contributed by atoms with E-state index < -0.39 is 5.60 Å². The summed E-state index contributed by atoms with van der Waals surface area (Å²) in [6.45, 7) is 4.66. The standard InChI is InChI=1S/C14H23N5O3/c20-13(18-6-8-22-9-7-18)10-17-4-1-2-14(21,11-17)12-19-5-3-15-16-19/h3,5,21H,1-2,4,6-12H2. The highest BCUT2D eigenvalue weighted by Crippen LogP contribution is 2.22. The molecule has 0 bridgehead atoms. The summed E-state index contributed by atoms with van der Waals surface area (Å²) in [7, 11) is 0. The van der Waals surface area contributed by atoms with Gasteiger partial charge in [0.25, 0.3) is 0 Å². The van der Waals surface area contributed by atoms with Gasteiger partial charge in [-0.1, -0.05) is 5.21 Å². The lowest BCUT2D eigenvalue weighted by atomic mass is 9.93. The van der Waals surface area contributed by atoms with E-state index in [1.165, 1.54) is 0 Å². The fourth-order valence-electron chi connectivity index (χ4n) is 3.19. The molecule has 0 spiro atoms. The van der Waals surface area contributed by atoms with Crippen LogP contribution >= 0.6 is 0 Å². The minimum atomic E-state index is -0.850. The van der Waals surface area contributed by atoms with Crippen LogP contribution < -0.4 is 0 Å². The third kappa shape index (κ3) is 3.82. The summed E-state index contributed by atoms with van der Waals surface area (Å²) >= 11 is 0. The van der Waals surface area contributed by atoms with Crippen molar-refractivity contribution in [1.29, 1.82) is 0 Å². The summed E-state index contributed by atoms with van der Waals surface area (Å²) in [5, 5.41) is 18.4. The molecule has 1 atom stereocenters. The van der Waals surface area contributed by atoms with Gasteiger partial charge in [0, 0.05) is 25.8 Å². The maximum atomic E-state index is 12.3. The van der Waals surface area contributed by atoms with Gasteiger partial charge in [0.1, 0.15) is 0 Å². The zero-order chi connectivity index (χ0) is 15.4. The quantitative estimate of drug-likeness (QED) is 0.765. The number of piperidine rings is 1. The summed E-state index contributed by atoms with van der Waals surface area (Å²) < 4.78 is 6.91. The number of morpholine rings is 1. The molecule has 0 saturated carbocycles. The molecule has 0 radical (unpaired) electrons. The smallest absolute Gasteiger partial charge is 0.236 e. The Balaban J connectivity index is 1.54. The molecule has 0 aromatic carbocycles. The van der Waals surface area contributed by atoms with Crippen LogP contribution in [0, 0.1) is 0 Å². The molecule has 0 aliphatic carbocycles. The Bertz CT molecular complexity index is 489. The normalized spacial score (nSPS) is 27.0. The Morgan fingerprint density at radius 3 is 2.86 bits per heavy atom. The zero-order valence-corrected chi connectivity index (χ0v) is 12.7. The van der Waals surface area contributed by atoms with Crippen molar-refractivity contribution in [2.45, 2.75) is 25.0 Å². The number of hydrogen-bond donors (Lipinski definition) is 1. The number of ether oxygens (including phenoxy) is 1. The third-order valence-corrected chi connectivity index (χ3v) is 4.29. The third-order valence-electron chi connectivity index (χ3n) is 4.29. The van der Waals surface area contributed by atoms with Crippen LogP contribution in [-0.4, -0.2) is 87.3 Å². The van der Waals surface area contributed by atoms with Gasteiger partial charge in [0.2, 0.25) is 5.91 Å². The van der Waals surface area contributed by atoms with Crippen LogP contribution in [0.15, 0.2) is 12.4 Å². The Hall–Kier alpha value is -1.51. The topological polar surface area (TPSA) is 83.7 Å². The molecule has 1 aromatic rings. The summed E-state index contributed by atoms with van der Waals surface area (Å²) in [4.78, 5) is 16.2. The van der Waals surface area contributed by atoms with Crippen LogP contribution in [-0.2, 0) is 16.1 Å². The highest BCUT2D eigenvalue weighted by molar-refractivity contribution is 5.78. The maximum Gasteiger partial charge on any atom is 0.236 e. The summed E-state index contributed by atoms with van der Waals surface area (Å²) in [6.07, 6.45) is 4.94. The van der Waals surface area contributed by atoms with E-state index in [0.717, 1.165) is 19.4 Å². The monoisotopic (exact) mass is 309 g/mol. The van der Waals surface area contributed by atoms with Gasteiger partial charge < -0.3 is 14.7 Å². The molecule has 2 aliphatic rings. The van der Waals surface area contributed by atoms with Crippen molar-refractivity contribution in [2.75, 3.05) is 45.9 Å². The molecule has 3 heterocycles. The number of β-amino-alcohol motifs (C(OH)–C–C–N with tert-alkyl or cyclic N) is 1. The summed E-state index contributed by atoms with van der Waals surface area (Å²) in [6, 6.07) is 0. The molecule has 2 saturated heterocycles. The van der Waals surface area contributed by atoms with E-state index in [-0.39, 0.29) is 5.91 Å². The number of rotatable bonds is 4. The molecular formula is C14H23N5O3. The molecule has 2 fully saturated rings. The van der Waals surface area contributed by atoms with Crippen molar-refractivity contribution in [3.8, 4) is 0 Å². The van der Waals surface area contributed by atoms with Gasteiger partial charge in [0.15, 0.2) is 0 Å². The van der Waals surface area contributed by atoms with Crippen LogP contribution in [0.3, 0.4) is 0 Å². The summed E-state index contributed by atoms with van der Waals surface area (Å²) in [5.41, 5.74) is -0.850. The predicted octanol–water partition coefficient (Wildman–Crippen LogP) is -1.04. The number of likely N-dealkylation sites (tertiary alicyclic amines) is 1. The van der Waals surface area contributed by atoms with Crippen LogP contribution in [0.2, 0.25) is 0 Å². The second-order valence-corrected chi connectivity index (χ2v) is 6.13. The number of aliphatic hydroxyl groups is 1. The van der Waals surface area contributed by atoms with E-state index in [1.807, 2.05) is 9.80 Å². The van der Waals surface area contributed by atoms with Crippen molar-refractivity contribution in [1.82, 2.24) is 24.8 Å². The number of aromatic nitrogens is 3. The number of carbonyl (C=O) groups excluding carboxylic acids is 1. The molecule has 122 valence electrons. The van der Waals surface area contributed by atoms with Crippen molar-refractivity contribution in [3.05, 3.63) is 12.4 Å². The minimum Gasteiger partial charge on any atom is -0.387 e. The summed E-state index contributed by atoms with van der Waals surface area (Å²) in [5.74, 6) is 0.119. The van der Waals surface area contributed by atoms with Gasteiger partial charge in [0.05, 0.1) is 38.1 Å². The number of nitrogens with zero attached hydrogens (tertiary/aromatic N) is 5. The van der Waals surface area contributed by atoms with Crippen molar-refractivity contribution in [2.24, 2.45) is 0 Å². The van der Waals surface area contributed by atoms with E-state index in [0.29, 0.717) is 45.9 Å².